The monoisotopic (exact) mass is 314 g/mol. The normalized spacial score (nSPS) is 16.0. The lowest BCUT2D eigenvalue weighted by Crippen LogP contribution is -2.44. The third-order valence-electron chi connectivity index (χ3n) is 4.70. The number of hydrogen-bond acceptors (Lipinski definition) is 4. The van der Waals surface area contributed by atoms with Gasteiger partial charge in [0.2, 0.25) is 0 Å². The van der Waals surface area contributed by atoms with E-state index < -0.39 is 0 Å². The fraction of sp³-hybridized carbons (Fsp3) is 1.00. The maximum Gasteiger partial charge on any atom is 0.0110 e. The molecule has 0 heterocycles. The van der Waals surface area contributed by atoms with Crippen LogP contribution in [0.3, 0.4) is 0 Å². The van der Waals surface area contributed by atoms with Crippen molar-refractivity contribution in [1.29, 1.82) is 0 Å². The quantitative estimate of drug-likeness (QED) is 0.406. The van der Waals surface area contributed by atoms with Crippen LogP contribution in [0.4, 0.5) is 0 Å². The van der Waals surface area contributed by atoms with E-state index in [-0.39, 0.29) is 0 Å². The molecule has 0 saturated carbocycles. The smallest absolute Gasteiger partial charge is 0.0110 e. The Morgan fingerprint density at radius 1 is 0.682 bits per heavy atom. The van der Waals surface area contributed by atoms with Crippen LogP contribution >= 0.6 is 0 Å². The summed E-state index contributed by atoms with van der Waals surface area (Å²) in [6, 6.07) is 1.92. The molecule has 0 radical (unpaired) electrons. The molecule has 0 aliphatic carbocycles. The Balaban J connectivity index is 3.81. The number of hydrogen-bond donors (Lipinski definition) is 3. The minimum absolute atomic E-state index is 0.628. The molecule has 0 aromatic rings. The summed E-state index contributed by atoms with van der Waals surface area (Å²) in [5.41, 5.74) is 0. The highest BCUT2D eigenvalue weighted by molar-refractivity contribution is 4.70. The third-order valence-corrected chi connectivity index (χ3v) is 4.70. The number of nitrogens with one attached hydrogen (secondary N) is 3. The van der Waals surface area contributed by atoms with Gasteiger partial charge in [0, 0.05) is 57.4 Å². The second kappa shape index (κ2) is 14.4. The van der Waals surface area contributed by atoms with Crippen molar-refractivity contribution >= 4 is 0 Å². The van der Waals surface area contributed by atoms with Crippen LogP contribution in [0.25, 0.3) is 0 Å². The van der Waals surface area contributed by atoms with E-state index in [0.29, 0.717) is 18.1 Å². The summed E-state index contributed by atoms with van der Waals surface area (Å²) in [5, 5.41) is 10.7. The van der Waals surface area contributed by atoms with E-state index in [1.807, 2.05) is 0 Å². The van der Waals surface area contributed by atoms with E-state index in [0.717, 1.165) is 39.3 Å². The lowest BCUT2D eigenvalue weighted by Gasteiger charge is -2.29. The van der Waals surface area contributed by atoms with E-state index in [2.05, 4.69) is 62.4 Å². The van der Waals surface area contributed by atoms with Gasteiger partial charge in [-0.25, -0.2) is 0 Å². The van der Waals surface area contributed by atoms with Gasteiger partial charge in [0.1, 0.15) is 0 Å². The summed E-state index contributed by atoms with van der Waals surface area (Å²) in [5.74, 6) is 0. The highest BCUT2D eigenvalue weighted by Gasteiger charge is 2.11. The van der Waals surface area contributed by atoms with E-state index >= 15 is 0 Å². The van der Waals surface area contributed by atoms with Crippen molar-refractivity contribution < 1.29 is 0 Å². The summed E-state index contributed by atoms with van der Waals surface area (Å²) in [4.78, 5) is 2.60. The Bertz CT molecular complexity index is 235. The molecule has 3 unspecified atom stereocenters. The van der Waals surface area contributed by atoms with Crippen molar-refractivity contribution in [2.24, 2.45) is 0 Å². The Labute approximate surface area is 139 Å². The van der Waals surface area contributed by atoms with Crippen molar-refractivity contribution in [2.75, 3.05) is 39.3 Å². The largest absolute Gasteiger partial charge is 0.314 e. The average molecular weight is 315 g/mol. The first-order valence-electron chi connectivity index (χ1n) is 9.46. The summed E-state index contributed by atoms with van der Waals surface area (Å²) < 4.78 is 0. The first-order chi connectivity index (χ1) is 10.5. The third kappa shape index (κ3) is 11.4. The molecule has 0 rings (SSSR count). The predicted octanol–water partition coefficient (Wildman–Crippen LogP) is 2.45. The molecule has 4 heteroatoms. The van der Waals surface area contributed by atoms with Crippen LogP contribution in [-0.2, 0) is 0 Å². The molecule has 0 aliphatic rings. The van der Waals surface area contributed by atoms with Crippen molar-refractivity contribution in [3.8, 4) is 0 Å². The van der Waals surface area contributed by atoms with Crippen LogP contribution in [-0.4, -0.2) is 62.3 Å². The zero-order valence-electron chi connectivity index (χ0n) is 16.0. The van der Waals surface area contributed by atoms with Crippen molar-refractivity contribution in [1.82, 2.24) is 20.9 Å². The van der Waals surface area contributed by atoms with Crippen LogP contribution in [0, 0.1) is 0 Å². The lowest BCUT2D eigenvalue weighted by atomic mass is 10.2. The molecular formula is C18H42N4. The molecule has 0 saturated heterocycles. The van der Waals surface area contributed by atoms with Gasteiger partial charge in [0.05, 0.1) is 0 Å². The van der Waals surface area contributed by atoms with Crippen LogP contribution in [0.5, 0.6) is 0 Å². The van der Waals surface area contributed by atoms with E-state index in [4.69, 9.17) is 0 Å². The molecule has 0 amide bonds. The van der Waals surface area contributed by atoms with E-state index in [9.17, 15) is 0 Å². The van der Waals surface area contributed by atoms with Gasteiger partial charge < -0.3 is 16.0 Å². The van der Waals surface area contributed by atoms with Crippen LogP contribution in [0.2, 0.25) is 0 Å². The number of rotatable bonds is 15. The van der Waals surface area contributed by atoms with E-state index in [1.165, 1.54) is 19.3 Å². The molecule has 0 aromatic carbocycles. The maximum absolute atomic E-state index is 3.60. The zero-order valence-corrected chi connectivity index (χ0v) is 16.0. The molecule has 0 fully saturated rings. The first-order valence-corrected chi connectivity index (χ1v) is 9.46. The van der Waals surface area contributed by atoms with Gasteiger partial charge in [-0.2, -0.15) is 0 Å². The number of nitrogens with zero attached hydrogens (tertiary/aromatic N) is 1. The summed E-state index contributed by atoms with van der Waals surface area (Å²) in [7, 11) is 0. The standard InChI is InChI=1S/C18H42N4/c1-7-16(4)20-11-10-19-12-14-22(18(6)9-3)15-13-21-17(5)8-2/h16-21H,7-15H2,1-6H3. The Morgan fingerprint density at radius 3 is 1.77 bits per heavy atom. The molecule has 0 aromatic heterocycles. The maximum atomic E-state index is 3.60. The molecule has 4 nitrogen and oxygen atoms in total. The topological polar surface area (TPSA) is 39.3 Å². The predicted molar refractivity (Wildman–Crippen MR) is 99.7 cm³/mol. The fourth-order valence-corrected chi connectivity index (χ4v) is 2.31. The highest BCUT2D eigenvalue weighted by Crippen LogP contribution is 2.02. The SMILES string of the molecule is CCC(C)NCCNCCN(CCNC(C)CC)C(C)CC. The minimum Gasteiger partial charge on any atom is -0.314 e. The Kier molecular flexibility index (Phi) is 14.3. The minimum atomic E-state index is 0.628. The molecule has 0 bridgehead atoms. The van der Waals surface area contributed by atoms with E-state index in [1.54, 1.807) is 0 Å². The van der Waals surface area contributed by atoms with Crippen LogP contribution in [0.1, 0.15) is 60.8 Å². The molecule has 3 N–H and O–H groups in total. The summed E-state index contributed by atoms with van der Waals surface area (Å²) >= 11 is 0. The highest BCUT2D eigenvalue weighted by atomic mass is 15.2. The van der Waals surface area contributed by atoms with Crippen molar-refractivity contribution in [3.05, 3.63) is 0 Å². The van der Waals surface area contributed by atoms with Gasteiger partial charge in [0.15, 0.2) is 0 Å². The molecule has 0 spiro atoms. The summed E-state index contributed by atoms with van der Waals surface area (Å²) in [6.45, 7) is 20.2. The second-order valence-electron chi connectivity index (χ2n) is 6.57. The van der Waals surface area contributed by atoms with Crippen LogP contribution in [0.15, 0.2) is 0 Å². The first kappa shape index (κ1) is 21.8. The molecule has 134 valence electrons. The van der Waals surface area contributed by atoms with Crippen molar-refractivity contribution in [2.45, 2.75) is 78.9 Å². The summed E-state index contributed by atoms with van der Waals surface area (Å²) in [6.07, 6.45) is 3.62. The van der Waals surface area contributed by atoms with Gasteiger partial charge in [-0.05, 0) is 40.0 Å². The Morgan fingerprint density at radius 2 is 1.23 bits per heavy atom. The zero-order chi connectivity index (χ0) is 16.8. The Hall–Kier alpha value is -0.160. The van der Waals surface area contributed by atoms with Gasteiger partial charge in [-0.15, -0.1) is 0 Å². The fourth-order valence-electron chi connectivity index (χ4n) is 2.31. The van der Waals surface area contributed by atoms with Crippen molar-refractivity contribution in [3.63, 3.8) is 0 Å². The van der Waals surface area contributed by atoms with Crippen LogP contribution < -0.4 is 16.0 Å². The average Bonchev–Trinajstić information content (AvgIpc) is 2.54. The second-order valence-corrected chi connectivity index (χ2v) is 6.57. The molecule has 0 aliphatic heterocycles. The van der Waals surface area contributed by atoms with Gasteiger partial charge in [-0.1, -0.05) is 20.8 Å². The van der Waals surface area contributed by atoms with Gasteiger partial charge in [-0.3, -0.25) is 4.90 Å². The molecule has 22 heavy (non-hydrogen) atoms. The molecular weight excluding hydrogens is 272 g/mol. The van der Waals surface area contributed by atoms with Gasteiger partial charge in [0.25, 0.3) is 0 Å². The lowest BCUT2D eigenvalue weighted by molar-refractivity contribution is 0.202. The molecule has 3 atom stereocenters. The van der Waals surface area contributed by atoms with Gasteiger partial charge >= 0.3 is 0 Å².